The van der Waals surface area contributed by atoms with Gasteiger partial charge >= 0.3 is 0 Å². The molecule has 5 nitrogen and oxygen atoms in total. The van der Waals surface area contributed by atoms with Crippen LogP contribution >= 0.6 is 11.3 Å². The van der Waals surface area contributed by atoms with Gasteiger partial charge in [0.15, 0.2) is 5.01 Å². The highest BCUT2D eigenvalue weighted by Crippen LogP contribution is 2.30. The van der Waals surface area contributed by atoms with Gasteiger partial charge in [-0.05, 0) is 19.8 Å². The molecule has 0 radical (unpaired) electrons. The molecule has 0 aromatic carbocycles. The lowest BCUT2D eigenvalue weighted by Gasteiger charge is -2.16. The Labute approximate surface area is 136 Å². The van der Waals surface area contributed by atoms with Crippen LogP contribution in [0.25, 0.3) is 0 Å². The Balaban J connectivity index is 1.95. The fourth-order valence-corrected chi connectivity index (χ4v) is 3.68. The number of thiazole rings is 1. The standard InChI is InChI=1S/C16H26N4OS/c1-12(17)19-20-15(21)16-18-14(11-22-16)13-9-7-5-3-2-4-6-8-10-13/h11,13H,2-10H2,1H3,(H2,17,19)(H,20,21). The van der Waals surface area contributed by atoms with Gasteiger partial charge < -0.3 is 0 Å². The fraction of sp³-hybridized carbons (Fsp3) is 0.688. The fourth-order valence-electron chi connectivity index (χ4n) is 2.89. The molecule has 0 saturated heterocycles. The normalized spacial score (nSPS) is 17.7. The molecule has 1 fully saturated rings. The van der Waals surface area contributed by atoms with Crippen molar-refractivity contribution in [3.63, 3.8) is 0 Å². The first-order chi connectivity index (χ1) is 10.7. The molecule has 0 unspecified atom stereocenters. The minimum atomic E-state index is -0.261. The van der Waals surface area contributed by atoms with E-state index in [1.807, 2.05) is 5.38 Å². The lowest BCUT2D eigenvalue weighted by Crippen LogP contribution is -2.40. The molecule has 6 heteroatoms. The molecule has 1 saturated carbocycles. The van der Waals surface area contributed by atoms with E-state index in [-0.39, 0.29) is 11.7 Å². The van der Waals surface area contributed by atoms with Gasteiger partial charge in [0.1, 0.15) is 5.84 Å². The zero-order valence-corrected chi connectivity index (χ0v) is 14.1. The summed E-state index contributed by atoms with van der Waals surface area (Å²) in [5.74, 6) is 0.438. The minimum Gasteiger partial charge on any atom is -0.287 e. The first kappa shape index (κ1) is 16.9. The number of amides is 1. The molecule has 0 bridgehead atoms. The second-order valence-electron chi connectivity index (χ2n) is 6.03. The highest BCUT2D eigenvalue weighted by Gasteiger charge is 2.18. The van der Waals surface area contributed by atoms with E-state index < -0.39 is 0 Å². The van der Waals surface area contributed by atoms with E-state index in [9.17, 15) is 4.79 Å². The van der Waals surface area contributed by atoms with Crippen LogP contribution in [0.3, 0.4) is 0 Å². The molecule has 0 aliphatic heterocycles. The van der Waals surface area contributed by atoms with E-state index in [0.717, 1.165) is 5.69 Å². The molecule has 0 spiro atoms. The van der Waals surface area contributed by atoms with E-state index in [2.05, 4.69) is 15.8 Å². The van der Waals surface area contributed by atoms with Crippen LogP contribution in [0.2, 0.25) is 0 Å². The largest absolute Gasteiger partial charge is 0.298 e. The third-order valence-corrected chi connectivity index (χ3v) is 4.96. The average molecular weight is 322 g/mol. The summed E-state index contributed by atoms with van der Waals surface area (Å²) in [5, 5.41) is 9.76. The van der Waals surface area contributed by atoms with Gasteiger partial charge in [-0.2, -0.15) is 0 Å². The van der Waals surface area contributed by atoms with Gasteiger partial charge in [0.2, 0.25) is 0 Å². The van der Waals surface area contributed by atoms with Crippen LogP contribution in [0.1, 0.15) is 86.1 Å². The molecule has 1 heterocycles. The molecule has 0 atom stereocenters. The predicted octanol–water partition coefficient (Wildman–Crippen LogP) is 3.98. The lowest BCUT2D eigenvalue weighted by molar-refractivity contribution is 0.0943. The Kier molecular flexibility index (Phi) is 6.83. The third-order valence-electron chi connectivity index (χ3n) is 4.10. The number of hydrogen-bond acceptors (Lipinski definition) is 4. The summed E-state index contributed by atoms with van der Waals surface area (Å²) in [4.78, 5) is 16.5. The van der Waals surface area contributed by atoms with Crippen molar-refractivity contribution < 1.29 is 4.79 Å². The highest BCUT2D eigenvalue weighted by atomic mass is 32.1. The predicted molar refractivity (Wildman–Crippen MR) is 90.4 cm³/mol. The van der Waals surface area contributed by atoms with Crippen molar-refractivity contribution in [1.82, 2.24) is 15.8 Å². The number of amidine groups is 1. The number of hydrogen-bond donors (Lipinski definition) is 3. The van der Waals surface area contributed by atoms with Crippen LogP contribution in [-0.2, 0) is 0 Å². The van der Waals surface area contributed by atoms with E-state index in [4.69, 9.17) is 5.41 Å². The summed E-state index contributed by atoms with van der Waals surface area (Å²) < 4.78 is 0. The number of hydrazine groups is 1. The molecule has 1 aromatic rings. The summed E-state index contributed by atoms with van der Waals surface area (Å²) in [6, 6.07) is 0. The van der Waals surface area contributed by atoms with Gasteiger partial charge in [-0.15, -0.1) is 11.3 Å². The van der Waals surface area contributed by atoms with Crippen LogP contribution in [0.4, 0.5) is 0 Å². The Morgan fingerprint density at radius 1 is 1.14 bits per heavy atom. The van der Waals surface area contributed by atoms with Gasteiger partial charge in [0, 0.05) is 11.3 Å². The van der Waals surface area contributed by atoms with Crippen molar-refractivity contribution in [2.45, 2.75) is 70.6 Å². The van der Waals surface area contributed by atoms with Crippen molar-refractivity contribution in [2.75, 3.05) is 0 Å². The topological polar surface area (TPSA) is 77.9 Å². The maximum Gasteiger partial charge on any atom is 0.298 e. The van der Waals surface area contributed by atoms with Crippen LogP contribution in [0, 0.1) is 5.41 Å². The number of carbonyl (C=O) groups excluding carboxylic acids is 1. The maximum absolute atomic E-state index is 11.9. The number of carbonyl (C=O) groups is 1. The Hall–Kier alpha value is -1.43. The molecule has 1 amide bonds. The smallest absolute Gasteiger partial charge is 0.287 e. The molecule has 2 rings (SSSR count). The van der Waals surface area contributed by atoms with Crippen LogP contribution < -0.4 is 10.9 Å². The van der Waals surface area contributed by atoms with Crippen molar-refractivity contribution in [3.05, 3.63) is 16.1 Å². The third kappa shape index (κ3) is 5.40. The molecule has 22 heavy (non-hydrogen) atoms. The quantitative estimate of drug-likeness (QED) is 0.438. The van der Waals surface area contributed by atoms with Gasteiger partial charge in [-0.3, -0.25) is 21.1 Å². The Morgan fingerprint density at radius 3 is 2.32 bits per heavy atom. The van der Waals surface area contributed by atoms with E-state index in [1.54, 1.807) is 6.92 Å². The maximum atomic E-state index is 11.9. The first-order valence-corrected chi connectivity index (χ1v) is 9.11. The number of nitrogens with zero attached hydrogens (tertiary/aromatic N) is 1. The molecule has 3 N–H and O–H groups in total. The Bertz CT molecular complexity index is 490. The molecule has 1 aliphatic carbocycles. The summed E-state index contributed by atoms with van der Waals surface area (Å²) in [7, 11) is 0. The summed E-state index contributed by atoms with van der Waals surface area (Å²) >= 11 is 1.39. The van der Waals surface area contributed by atoms with Crippen molar-refractivity contribution in [1.29, 1.82) is 5.41 Å². The first-order valence-electron chi connectivity index (χ1n) is 8.24. The van der Waals surface area contributed by atoms with E-state index in [1.165, 1.54) is 69.1 Å². The van der Waals surface area contributed by atoms with Gasteiger partial charge in [0.05, 0.1) is 5.69 Å². The molecule has 122 valence electrons. The SMILES string of the molecule is CC(=N)NNC(=O)c1nc(C2CCCCCCCCC2)cs1. The number of aromatic nitrogens is 1. The van der Waals surface area contributed by atoms with Crippen molar-refractivity contribution >= 4 is 23.1 Å². The van der Waals surface area contributed by atoms with Gasteiger partial charge in [0.25, 0.3) is 5.91 Å². The Morgan fingerprint density at radius 2 is 1.73 bits per heavy atom. The summed E-state index contributed by atoms with van der Waals surface area (Å²) in [5.41, 5.74) is 6.08. The molecule has 1 aliphatic rings. The van der Waals surface area contributed by atoms with Gasteiger partial charge in [-0.1, -0.05) is 44.9 Å². The van der Waals surface area contributed by atoms with Crippen LogP contribution in [0.5, 0.6) is 0 Å². The summed E-state index contributed by atoms with van der Waals surface area (Å²) in [6.45, 7) is 1.58. The lowest BCUT2D eigenvalue weighted by atomic mass is 9.90. The van der Waals surface area contributed by atoms with Crippen LogP contribution in [-0.4, -0.2) is 16.7 Å². The number of rotatable bonds is 2. The van der Waals surface area contributed by atoms with Crippen LogP contribution in [0.15, 0.2) is 5.38 Å². The highest BCUT2D eigenvalue weighted by molar-refractivity contribution is 7.11. The molecular weight excluding hydrogens is 296 g/mol. The van der Waals surface area contributed by atoms with E-state index in [0.29, 0.717) is 10.9 Å². The second-order valence-corrected chi connectivity index (χ2v) is 6.89. The molecular formula is C16H26N4OS. The van der Waals surface area contributed by atoms with E-state index >= 15 is 0 Å². The zero-order valence-electron chi connectivity index (χ0n) is 13.3. The van der Waals surface area contributed by atoms with Gasteiger partial charge in [-0.25, -0.2) is 4.98 Å². The average Bonchev–Trinajstić information content (AvgIpc) is 3.00. The number of nitrogens with one attached hydrogen (secondary N) is 3. The van der Waals surface area contributed by atoms with Crippen molar-refractivity contribution in [2.24, 2.45) is 0 Å². The summed E-state index contributed by atoms with van der Waals surface area (Å²) in [6.07, 6.45) is 11.6. The zero-order chi connectivity index (χ0) is 15.8. The minimum absolute atomic E-state index is 0.206. The monoisotopic (exact) mass is 322 g/mol. The molecule has 1 aromatic heterocycles. The second kappa shape index (κ2) is 8.88. The van der Waals surface area contributed by atoms with Crippen molar-refractivity contribution in [3.8, 4) is 0 Å².